The van der Waals surface area contributed by atoms with Crippen molar-refractivity contribution in [3.63, 3.8) is 0 Å². The van der Waals surface area contributed by atoms with E-state index in [0.717, 1.165) is 22.6 Å². The molecule has 156 valence electrons. The summed E-state index contributed by atoms with van der Waals surface area (Å²) in [5.74, 6) is 2.63. The van der Waals surface area contributed by atoms with Gasteiger partial charge >= 0.3 is 0 Å². The normalized spacial score (nSPS) is 16.3. The minimum absolute atomic E-state index is 0.0724. The fraction of sp³-hybridized carbons (Fsp3) is 0.348. The van der Waals surface area contributed by atoms with Crippen molar-refractivity contribution in [1.29, 1.82) is 0 Å². The van der Waals surface area contributed by atoms with Crippen LogP contribution in [-0.2, 0) is 11.3 Å². The summed E-state index contributed by atoms with van der Waals surface area (Å²) >= 11 is 0. The molecule has 0 aliphatic carbocycles. The van der Waals surface area contributed by atoms with E-state index in [1.807, 2.05) is 67.3 Å². The third-order valence-electron chi connectivity index (χ3n) is 5.03. The van der Waals surface area contributed by atoms with Crippen LogP contribution in [0.4, 0.5) is 0 Å². The lowest BCUT2D eigenvalue weighted by atomic mass is 10.1. The second-order valence-corrected chi connectivity index (χ2v) is 7.67. The molecule has 0 bridgehead atoms. The van der Waals surface area contributed by atoms with Crippen LogP contribution >= 0.6 is 0 Å². The quantitative estimate of drug-likeness (QED) is 0.588. The fourth-order valence-electron chi connectivity index (χ4n) is 3.52. The molecule has 2 heterocycles. The lowest BCUT2D eigenvalue weighted by molar-refractivity contribution is -0.128. The van der Waals surface area contributed by atoms with Gasteiger partial charge in [-0.05, 0) is 55.8 Å². The summed E-state index contributed by atoms with van der Waals surface area (Å²) in [4.78, 5) is 18.9. The van der Waals surface area contributed by atoms with Crippen molar-refractivity contribution in [2.75, 3.05) is 13.7 Å². The van der Waals surface area contributed by atoms with Crippen LogP contribution in [0.5, 0.6) is 11.5 Å². The number of likely N-dealkylation sites (tertiary alicyclic amines) is 1. The van der Waals surface area contributed by atoms with Crippen LogP contribution in [0.15, 0.2) is 53.1 Å². The number of carbonyl (C=O) groups is 1. The zero-order valence-electron chi connectivity index (χ0n) is 17.4. The number of hydrogen-bond donors (Lipinski definition) is 0. The molecule has 4 rings (SSSR count). The average Bonchev–Trinajstić information content (AvgIpc) is 3.36. The van der Waals surface area contributed by atoms with Gasteiger partial charge in [-0.25, -0.2) is 0 Å². The van der Waals surface area contributed by atoms with E-state index in [2.05, 4.69) is 10.1 Å². The van der Waals surface area contributed by atoms with Gasteiger partial charge in [0.05, 0.1) is 13.2 Å². The van der Waals surface area contributed by atoms with E-state index in [9.17, 15) is 4.79 Å². The number of rotatable bonds is 7. The van der Waals surface area contributed by atoms with Crippen LogP contribution in [0.2, 0.25) is 0 Å². The second-order valence-electron chi connectivity index (χ2n) is 7.67. The van der Waals surface area contributed by atoms with Crippen molar-refractivity contribution in [3.05, 3.63) is 59.9 Å². The molecular weight excluding hydrogens is 382 g/mol. The molecule has 7 nitrogen and oxygen atoms in total. The third kappa shape index (κ3) is 4.45. The van der Waals surface area contributed by atoms with Crippen molar-refractivity contribution in [2.45, 2.75) is 38.8 Å². The van der Waals surface area contributed by atoms with Gasteiger partial charge in [0.1, 0.15) is 11.5 Å². The zero-order valence-corrected chi connectivity index (χ0v) is 17.4. The molecule has 0 spiro atoms. The molecule has 1 saturated heterocycles. The number of benzene rings is 2. The molecule has 3 aromatic rings. The Morgan fingerprint density at radius 3 is 2.47 bits per heavy atom. The first-order valence-electron chi connectivity index (χ1n) is 10.0. The molecule has 1 unspecified atom stereocenters. The lowest BCUT2D eigenvalue weighted by Crippen LogP contribution is -2.24. The molecule has 0 N–H and O–H groups in total. The number of amides is 1. The van der Waals surface area contributed by atoms with Gasteiger partial charge in [0.15, 0.2) is 5.82 Å². The molecule has 1 aliphatic rings. The zero-order chi connectivity index (χ0) is 21.1. The minimum Gasteiger partial charge on any atom is -0.497 e. The van der Waals surface area contributed by atoms with Gasteiger partial charge in [-0.15, -0.1) is 0 Å². The van der Waals surface area contributed by atoms with Crippen molar-refractivity contribution < 1.29 is 18.8 Å². The maximum atomic E-state index is 12.5. The molecular formula is C23H25N3O4. The Hall–Kier alpha value is -3.35. The van der Waals surface area contributed by atoms with Crippen LogP contribution < -0.4 is 9.47 Å². The second kappa shape index (κ2) is 8.57. The molecule has 30 heavy (non-hydrogen) atoms. The number of hydrogen-bond acceptors (Lipinski definition) is 6. The van der Waals surface area contributed by atoms with E-state index < -0.39 is 0 Å². The molecule has 0 radical (unpaired) electrons. The smallest absolute Gasteiger partial charge is 0.257 e. The minimum atomic E-state index is -0.0724. The predicted octanol–water partition coefficient (Wildman–Crippen LogP) is 4.05. The lowest BCUT2D eigenvalue weighted by Gasteiger charge is -2.17. The van der Waals surface area contributed by atoms with E-state index >= 15 is 0 Å². The van der Waals surface area contributed by atoms with Gasteiger partial charge in [0.2, 0.25) is 5.91 Å². The largest absolute Gasteiger partial charge is 0.497 e. The van der Waals surface area contributed by atoms with Gasteiger partial charge in [-0.3, -0.25) is 4.79 Å². The molecule has 1 fully saturated rings. The van der Waals surface area contributed by atoms with Gasteiger partial charge < -0.3 is 18.9 Å². The number of aromatic nitrogens is 2. The van der Waals surface area contributed by atoms with Crippen LogP contribution in [0.1, 0.15) is 37.6 Å². The molecule has 1 aliphatic heterocycles. The summed E-state index contributed by atoms with van der Waals surface area (Å²) in [6.07, 6.45) is 0.519. The SMILES string of the molecule is COc1ccc(-c2nc(C3CC(=O)N(Cc4ccc(OC(C)C)cc4)C3)no2)cc1. The summed E-state index contributed by atoms with van der Waals surface area (Å²) in [6, 6.07) is 15.3. The van der Waals surface area contributed by atoms with Crippen molar-refractivity contribution in [3.8, 4) is 23.0 Å². The Bertz CT molecular complexity index is 996. The number of nitrogens with zero attached hydrogens (tertiary/aromatic N) is 3. The predicted molar refractivity (Wildman–Crippen MR) is 111 cm³/mol. The van der Waals surface area contributed by atoms with Gasteiger partial charge in [-0.1, -0.05) is 17.3 Å². The average molecular weight is 407 g/mol. The molecule has 1 amide bonds. The Morgan fingerprint density at radius 2 is 1.80 bits per heavy atom. The molecule has 7 heteroatoms. The number of methoxy groups -OCH3 is 1. The molecule has 1 aromatic heterocycles. The van der Waals surface area contributed by atoms with Gasteiger partial charge in [0, 0.05) is 31.0 Å². The van der Waals surface area contributed by atoms with E-state index in [4.69, 9.17) is 14.0 Å². The first-order valence-corrected chi connectivity index (χ1v) is 10.0. The van der Waals surface area contributed by atoms with Gasteiger partial charge in [-0.2, -0.15) is 4.98 Å². The summed E-state index contributed by atoms with van der Waals surface area (Å²) < 4.78 is 16.3. The van der Waals surface area contributed by atoms with Crippen molar-refractivity contribution in [2.24, 2.45) is 0 Å². The Balaban J connectivity index is 1.40. The summed E-state index contributed by atoms with van der Waals surface area (Å²) in [5, 5.41) is 4.12. The van der Waals surface area contributed by atoms with E-state index in [1.54, 1.807) is 7.11 Å². The third-order valence-corrected chi connectivity index (χ3v) is 5.03. The first-order chi connectivity index (χ1) is 14.5. The van der Waals surface area contributed by atoms with Crippen molar-refractivity contribution in [1.82, 2.24) is 15.0 Å². The van der Waals surface area contributed by atoms with E-state index in [0.29, 0.717) is 31.2 Å². The van der Waals surface area contributed by atoms with Crippen LogP contribution in [0.3, 0.4) is 0 Å². The molecule has 1 atom stereocenters. The van der Waals surface area contributed by atoms with Crippen LogP contribution in [-0.4, -0.2) is 40.7 Å². The summed E-state index contributed by atoms with van der Waals surface area (Å²) in [6.45, 7) is 5.12. The maximum Gasteiger partial charge on any atom is 0.257 e. The van der Waals surface area contributed by atoms with E-state index in [1.165, 1.54) is 0 Å². The summed E-state index contributed by atoms with van der Waals surface area (Å²) in [5.41, 5.74) is 1.88. The van der Waals surface area contributed by atoms with Crippen LogP contribution in [0.25, 0.3) is 11.5 Å². The van der Waals surface area contributed by atoms with Crippen molar-refractivity contribution >= 4 is 5.91 Å². The topological polar surface area (TPSA) is 77.7 Å². The molecule has 2 aromatic carbocycles. The maximum absolute atomic E-state index is 12.5. The standard InChI is InChI=1S/C23H25N3O4/c1-15(2)29-20-8-4-16(5-9-20)13-26-14-18(12-21(26)27)22-24-23(30-25-22)17-6-10-19(28-3)11-7-17/h4-11,15,18H,12-14H2,1-3H3. The van der Waals surface area contributed by atoms with Gasteiger partial charge in [0.25, 0.3) is 5.89 Å². The Morgan fingerprint density at radius 1 is 1.10 bits per heavy atom. The fourth-order valence-corrected chi connectivity index (χ4v) is 3.52. The Kier molecular flexibility index (Phi) is 5.70. The van der Waals surface area contributed by atoms with Crippen LogP contribution in [0, 0.1) is 0 Å². The first kappa shape index (κ1) is 19.9. The van der Waals surface area contributed by atoms with E-state index in [-0.39, 0.29) is 17.9 Å². The highest BCUT2D eigenvalue weighted by Crippen LogP contribution is 2.30. The highest BCUT2D eigenvalue weighted by molar-refractivity contribution is 5.79. The highest BCUT2D eigenvalue weighted by atomic mass is 16.5. The summed E-state index contributed by atoms with van der Waals surface area (Å²) in [7, 11) is 1.62. The number of ether oxygens (including phenoxy) is 2. The monoisotopic (exact) mass is 407 g/mol. The number of carbonyl (C=O) groups excluding carboxylic acids is 1. The Labute approximate surface area is 175 Å². The highest BCUT2D eigenvalue weighted by Gasteiger charge is 2.33. The molecule has 0 saturated carbocycles.